The summed E-state index contributed by atoms with van der Waals surface area (Å²) in [6.07, 6.45) is 2.68. The maximum Gasteiger partial charge on any atom is 0.168 e. The lowest BCUT2D eigenvalue weighted by molar-refractivity contribution is 0.474. The highest BCUT2D eigenvalue weighted by Gasteiger charge is 2.07. The monoisotopic (exact) mass is 245 g/mol. The Hall–Kier alpha value is -1.81. The quantitative estimate of drug-likeness (QED) is 0.881. The fourth-order valence-corrected chi connectivity index (χ4v) is 1.73. The van der Waals surface area contributed by atoms with Crippen molar-refractivity contribution in [3.63, 3.8) is 0 Å². The topological polar surface area (TPSA) is 53.1 Å². The third-order valence-electron chi connectivity index (χ3n) is 2.88. The van der Waals surface area contributed by atoms with Crippen LogP contribution in [0.15, 0.2) is 30.5 Å². The Balaban J connectivity index is 2.09. The minimum absolute atomic E-state index is 0.674. The zero-order chi connectivity index (χ0) is 13.0. The molecule has 0 saturated heterocycles. The van der Waals surface area contributed by atoms with Crippen LogP contribution in [-0.2, 0) is 6.54 Å². The molecular weight excluding hydrogens is 226 g/mol. The summed E-state index contributed by atoms with van der Waals surface area (Å²) in [5.41, 5.74) is 7.75. The molecule has 96 valence electrons. The first-order chi connectivity index (χ1) is 8.70. The van der Waals surface area contributed by atoms with Crippen LogP contribution < -0.4 is 10.5 Å². The van der Waals surface area contributed by atoms with Crippen LogP contribution in [0.3, 0.4) is 0 Å². The SMILES string of the molecule is Cc1ccc(Oc2cnn(CCCN)c2C)cc1. The number of hydrogen-bond donors (Lipinski definition) is 1. The highest BCUT2D eigenvalue weighted by Crippen LogP contribution is 2.24. The summed E-state index contributed by atoms with van der Waals surface area (Å²) >= 11 is 0. The molecule has 0 saturated carbocycles. The number of nitrogens with zero attached hydrogens (tertiary/aromatic N) is 2. The van der Waals surface area contributed by atoms with E-state index < -0.39 is 0 Å². The fourth-order valence-electron chi connectivity index (χ4n) is 1.73. The predicted octanol–water partition coefficient (Wildman–Crippen LogP) is 2.64. The van der Waals surface area contributed by atoms with Gasteiger partial charge in [0.05, 0.1) is 11.9 Å². The number of benzene rings is 1. The van der Waals surface area contributed by atoms with Crippen molar-refractivity contribution in [3.05, 3.63) is 41.7 Å². The van der Waals surface area contributed by atoms with E-state index in [0.717, 1.165) is 30.2 Å². The lowest BCUT2D eigenvalue weighted by atomic mass is 10.2. The van der Waals surface area contributed by atoms with Gasteiger partial charge in [-0.1, -0.05) is 17.7 Å². The lowest BCUT2D eigenvalue weighted by Crippen LogP contribution is -2.08. The van der Waals surface area contributed by atoms with E-state index in [1.807, 2.05) is 35.9 Å². The molecule has 0 spiro atoms. The van der Waals surface area contributed by atoms with Crippen LogP contribution in [0.1, 0.15) is 17.7 Å². The van der Waals surface area contributed by atoms with E-state index in [0.29, 0.717) is 6.54 Å². The number of rotatable bonds is 5. The first-order valence-corrected chi connectivity index (χ1v) is 6.17. The molecule has 18 heavy (non-hydrogen) atoms. The van der Waals surface area contributed by atoms with Gasteiger partial charge < -0.3 is 10.5 Å². The van der Waals surface area contributed by atoms with Crippen LogP contribution >= 0.6 is 0 Å². The number of ether oxygens (including phenoxy) is 1. The second-order valence-electron chi connectivity index (χ2n) is 4.37. The van der Waals surface area contributed by atoms with Crippen LogP contribution in [0, 0.1) is 13.8 Å². The maximum atomic E-state index is 5.81. The molecular formula is C14H19N3O. The molecule has 0 aliphatic heterocycles. The summed E-state index contributed by atoms with van der Waals surface area (Å²) in [7, 11) is 0. The van der Waals surface area contributed by atoms with E-state index in [1.165, 1.54) is 5.56 Å². The molecule has 2 rings (SSSR count). The van der Waals surface area contributed by atoms with Gasteiger partial charge >= 0.3 is 0 Å². The molecule has 1 aromatic heterocycles. The molecule has 0 atom stereocenters. The van der Waals surface area contributed by atoms with Crippen LogP contribution in [-0.4, -0.2) is 16.3 Å². The average molecular weight is 245 g/mol. The van der Waals surface area contributed by atoms with E-state index in [4.69, 9.17) is 10.5 Å². The Morgan fingerprint density at radius 1 is 1.22 bits per heavy atom. The van der Waals surface area contributed by atoms with Gasteiger partial charge in [-0.15, -0.1) is 0 Å². The number of nitrogens with two attached hydrogens (primary N) is 1. The average Bonchev–Trinajstić information content (AvgIpc) is 2.71. The molecule has 0 fully saturated rings. The first-order valence-electron chi connectivity index (χ1n) is 6.17. The van der Waals surface area contributed by atoms with E-state index in [-0.39, 0.29) is 0 Å². The van der Waals surface area contributed by atoms with Gasteiger partial charge in [0.15, 0.2) is 5.75 Å². The van der Waals surface area contributed by atoms with Gasteiger partial charge in [0.2, 0.25) is 0 Å². The molecule has 2 N–H and O–H groups in total. The highest BCUT2D eigenvalue weighted by atomic mass is 16.5. The summed E-state index contributed by atoms with van der Waals surface area (Å²) in [6.45, 7) is 5.57. The van der Waals surface area contributed by atoms with Crippen molar-refractivity contribution in [1.29, 1.82) is 0 Å². The van der Waals surface area contributed by atoms with Gasteiger partial charge in [0.25, 0.3) is 0 Å². The molecule has 0 unspecified atom stereocenters. The van der Waals surface area contributed by atoms with Gasteiger partial charge in [0, 0.05) is 6.54 Å². The van der Waals surface area contributed by atoms with E-state index in [9.17, 15) is 0 Å². The number of hydrogen-bond acceptors (Lipinski definition) is 3. The molecule has 0 amide bonds. The van der Waals surface area contributed by atoms with Crippen molar-refractivity contribution in [2.24, 2.45) is 5.73 Å². The summed E-state index contributed by atoms with van der Waals surface area (Å²) in [4.78, 5) is 0. The molecule has 0 radical (unpaired) electrons. The Bertz CT molecular complexity index is 502. The number of aryl methyl sites for hydroxylation is 2. The Kier molecular flexibility index (Phi) is 3.99. The zero-order valence-electron chi connectivity index (χ0n) is 10.9. The third-order valence-corrected chi connectivity index (χ3v) is 2.88. The summed E-state index contributed by atoms with van der Waals surface area (Å²) in [5, 5.41) is 4.30. The molecule has 0 aliphatic carbocycles. The third kappa shape index (κ3) is 2.90. The van der Waals surface area contributed by atoms with Gasteiger partial charge in [-0.25, -0.2) is 0 Å². The van der Waals surface area contributed by atoms with Gasteiger partial charge in [-0.05, 0) is 38.9 Å². The van der Waals surface area contributed by atoms with E-state index in [1.54, 1.807) is 6.20 Å². The second kappa shape index (κ2) is 5.69. The van der Waals surface area contributed by atoms with Crippen molar-refractivity contribution in [2.75, 3.05) is 6.54 Å². The Morgan fingerprint density at radius 2 is 1.94 bits per heavy atom. The largest absolute Gasteiger partial charge is 0.454 e. The van der Waals surface area contributed by atoms with Gasteiger partial charge in [-0.3, -0.25) is 4.68 Å². The Morgan fingerprint density at radius 3 is 2.61 bits per heavy atom. The molecule has 4 nitrogen and oxygen atoms in total. The second-order valence-corrected chi connectivity index (χ2v) is 4.37. The molecule has 4 heteroatoms. The summed E-state index contributed by atoms with van der Waals surface area (Å²) in [6, 6.07) is 7.99. The van der Waals surface area contributed by atoms with Crippen LogP contribution in [0.4, 0.5) is 0 Å². The smallest absolute Gasteiger partial charge is 0.168 e. The summed E-state index contributed by atoms with van der Waals surface area (Å²) < 4.78 is 7.74. The first kappa shape index (κ1) is 12.6. The van der Waals surface area contributed by atoms with E-state index >= 15 is 0 Å². The lowest BCUT2D eigenvalue weighted by Gasteiger charge is -2.06. The van der Waals surface area contributed by atoms with Crippen molar-refractivity contribution >= 4 is 0 Å². The maximum absolute atomic E-state index is 5.81. The Labute approximate surface area is 107 Å². The van der Waals surface area contributed by atoms with Crippen LogP contribution in [0.25, 0.3) is 0 Å². The van der Waals surface area contributed by atoms with Crippen molar-refractivity contribution in [3.8, 4) is 11.5 Å². The minimum Gasteiger partial charge on any atom is -0.454 e. The van der Waals surface area contributed by atoms with Crippen molar-refractivity contribution < 1.29 is 4.74 Å². The van der Waals surface area contributed by atoms with Gasteiger partial charge in [-0.2, -0.15) is 5.10 Å². The van der Waals surface area contributed by atoms with Crippen LogP contribution in [0.5, 0.6) is 11.5 Å². The van der Waals surface area contributed by atoms with Gasteiger partial charge in [0.1, 0.15) is 5.75 Å². The molecule has 0 aliphatic rings. The van der Waals surface area contributed by atoms with Crippen LogP contribution in [0.2, 0.25) is 0 Å². The summed E-state index contributed by atoms with van der Waals surface area (Å²) in [5.74, 6) is 1.64. The van der Waals surface area contributed by atoms with E-state index in [2.05, 4.69) is 12.0 Å². The molecule has 1 heterocycles. The molecule has 1 aromatic carbocycles. The van der Waals surface area contributed by atoms with Crippen molar-refractivity contribution in [2.45, 2.75) is 26.8 Å². The fraction of sp³-hybridized carbons (Fsp3) is 0.357. The number of aromatic nitrogens is 2. The molecule has 2 aromatic rings. The predicted molar refractivity (Wildman–Crippen MR) is 71.9 cm³/mol. The normalized spacial score (nSPS) is 10.6. The standard InChI is InChI=1S/C14H19N3O/c1-11-4-6-13(7-5-11)18-14-10-16-17(12(14)2)9-3-8-15/h4-7,10H,3,8-9,15H2,1-2H3. The zero-order valence-corrected chi connectivity index (χ0v) is 10.9. The highest BCUT2D eigenvalue weighted by molar-refractivity contribution is 5.33. The molecule has 0 bridgehead atoms. The van der Waals surface area contributed by atoms with Crippen molar-refractivity contribution in [1.82, 2.24) is 9.78 Å². The minimum atomic E-state index is 0.674.